The minimum Gasteiger partial charge on any atom is -0.371 e. The zero-order valence-corrected chi connectivity index (χ0v) is 13.8. The Morgan fingerprint density at radius 2 is 2.14 bits per heavy atom. The summed E-state index contributed by atoms with van der Waals surface area (Å²) in [6.45, 7) is 8.79. The van der Waals surface area contributed by atoms with E-state index < -0.39 is 0 Å². The maximum Gasteiger partial charge on any atom is 0.125 e. The minimum atomic E-state index is -0.153. The lowest BCUT2D eigenvalue weighted by Gasteiger charge is -2.43. The van der Waals surface area contributed by atoms with E-state index in [4.69, 9.17) is 0 Å². The van der Waals surface area contributed by atoms with Gasteiger partial charge < -0.3 is 10.2 Å². The summed E-state index contributed by atoms with van der Waals surface area (Å²) < 4.78 is 13.5. The Kier molecular flexibility index (Phi) is 5.26. The number of nitrogens with zero attached hydrogens (tertiary/aromatic N) is 1. The maximum absolute atomic E-state index is 13.5. The molecule has 1 N–H and O–H groups in total. The van der Waals surface area contributed by atoms with Gasteiger partial charge in [-0.1, -0.05) is 19.9 Å². The van der Waals surface area contributed by atoms with Crippen LogP contribution in [0.15, 0.2) is 24.3 Å². The number of nitrogens with one attached hydrogen (secondary N) is 1. The zero-order valence-electron chi connectivity index (χ0n) is 13.8. The lowest BCUT2D eigenvalue weighted by Crippen LogP contribution is -2.46. The maximum atomic E-state index is 13.5. The van der Waals surface area contributed by atoms with Gasteiger partial charge in [0.2, 0.25) is 0 Å². The average molecular weight is 292 g/mol. The molecule has 0 bridgehead atoms. The summed E-state index contributed by atoms with van der Waals surface area (Å²) in [5.41, 5.74) is 1.41. The molecule has 3 heteroatoms. The van der Waals surface area contributed by atoms with Crippen LogP contribution in [0.4, 0.5) is 10.1 Å². The molecular weight excluding hydrogens is 263 g/mol. The number of anilines is 1. The van der Waals surface area contributed by atoms with Gasteiger partial charge in [0.1, 0.15) is 5.82 Å². The Balaban J connectivity index is 2.12. The number of hydrogen-bond donors (Lipinski definition) is 1. The van der Waals surface area contributed by atoms with Gasteiger partial charge in [-0.05, 0) is 62.8 Å². The summed E-state index contributed by atoms with van der Waals surface area (Å²) >= 11 is 0. The molecule has 1 aliphatic rings. The molecule has 0 aliphatic heterocycles. The average Bonchev–Trinajstić information content (AvgIpc) is 2.44. The van der Waals surface area contributed by atoms with Crippen LogP contribution in [0.2, 0.25) is 0 Å². The van der Waals surface area contributed by atoms with Crippen LogP contribution in [-0.2, 0) is 0 Å². The van der Waals surface area contributed by atoms with E-state index in [0.717, 1.165) is 18.8 Å². The molecule has 2 unspecified atom stereocenters. The number of hydrogen-bond acceptors (Lipinski definition) is 2. The first-order chi connectivity index (χ1) is 9.95. The molecule has 2 nitrogen and oxygen atoms in total. The first-order valence-corrected chi connectivity index (χ1v) is 8.13. The minimum absolute atomic E-state index is 0.153. The second-order valence-electron chi connectivity index (χ2n) is 7.08. The highest BCUT2D eigenvalue weighted by Crippen LogP contribution is 2.39. The second-order valence-corrected chi connectivity index (χ2v) is 7.08. The Hall–Kier alpha value is -1.09. The number of rotatable bonds is 5. The van der Waals surface area contributed by atoms with E-state index in [2.05, 4.69) is 38.0 Å². The van der Waals surface area contributed by atoms with E-state index in [0.29, 0.717) is 17.4 Å². The molecule has 0 heterocycles. The van der Waals surface area contributed by atoms with Crippen molar-refractivity contribution in [1.29, 1.82) is 0 Å². The molecule has 0 spiro atoms. The van der Waals surface area contributed by atoms with Gasteiger partial charge in [-0.2, -0.15) is 0 Å². The van der Waals surface area contributed by atoms with E-state index in [1.165, 1.54) is 25.3 Å². The quantitative estimate of drug-likeness (QED) is 0.880. The molecule has 0 amide bonds. The highest BCUT2D eigenvalue weighted by Gasteiger charge is 2.34. The van der Waals surface area contributed by atoms with Crippen molar-refractivity contribution in [3.05, 3.63) is 30.1 Å². The number of halogens is 1. The fourth-order valence-corrected chi connectivity index (χ4v) is 3.68. The van der Waals surface area contributed by atoms with Gasteiger partial charge in [-0.25, -0.2) is 4.39 Å². The van der Waals surface area contributed by atoms with E-state index in [9.17, 15) is 4.39 Å². The van der Waals surface area contributed by atoms with Gasteiger partial charge in [0.05, 0.1) is 0 Å². The van der Waals surface area contributed by atoms with Crippen LogP contribution in [0, 0.1) is 17.2 Å². The van der Waals surface area contributed by atoms with Crippen molar-refractivity contribution < 1.29 is 4.39 Å². The normalized spacial score (nSPS) is 24.8. The summed E-state index contributed by atoms with van der Waals surface area (Å²) in [5, 5.41) is 3.48. The summed E-state index contributed by atoms with van der Waals surface area (Å²) in [7, 11) is 2.06. The highest BCUT2D eigenvalue weighted by atomic mass is 19.1. The van der Waals surface area contributed by atoms with Gasteiger partial charge in [0.15, 0.2) is 0 Å². The smallest absolute Gasteiger partial charge is 0.125 e. The topological polar surface area (TPSA) is 15.3 Å². The predicted molar refractivity (Wildman–Crippen MR) is 88.3 cm³/mol. The van der Waals surface area contributed by atoms with Crippen LogP contribution >= 0.6 is 0 Å². The van der Waals surface area contributed by atoms with Crippen molar-refractivity contribution in [3.63, 3.8) is 0 Å². The third-order valence-corrected chi connectivity index (χ3v) is 4.90. The van der Waals surface area contributed by atoms with Crippen LogP contribution in [0.3, 0.4) is 0 Å². The van der Waals surface area contributed by atoms with E-state index in [1.54, 1.807) is 12.1 Å². The molecule has 1 aliphatic carbocycles. The summed E-state index contributed by atoms with van der Waals surface area (Å²) in [6.07, 6.45) is 3.74. The van der Waals surface area contributed by atoms with Crippen molar-refractivity contribution in [1.82, 2.24) is 5.32 Å². The molecule has 21 heavy (non-hydrogen) atoms. The molecule has 118 valence electrons. The Bertz CT molecular complexity index is 458. The standard InChI is InChI=1S/C18H29FN2/c1-5-21(16-8-6-7-15(19)11-16)13-14-12-18(2,3)10-9-17(14)20-4/h6-8,11,14,17,20H,5,9-10,12-13H2,1-4H3. The Morgan fingerprint density at radius 3 is 2.76 bits per heavy atom. The molecule has 2 atom stereocenters. The molecule has 1 aromatic rings. The molecular formula is C18H29FN2. The Morgan fingerprint density at radius 1 is 1.38 bits per heavy atom. The van der Waals surface area contributed by atoms with Crippen molar-refractivity contribution in [2.24, 2.45) is 11.3 Å². The molecule has 1 saturated carbocycles. The van der Waals surface area contributed by atoms with Crippen molar-refractivity contribution in [3.8, 4) is 0 Å². The SMILES string of the molecule is CCN(CC1CC(C)(C)CCC1NC)c1cccc(F)c1. The second kappa shape index (κ2) is 6.78. The van der Waals surface area contributed by atoms with Crippen molar-refractivity contribution in [2.75, 3.05) is 25.0 Å². The van der Waals surface area contributed by atoms with Crippen molar-refractivity contribution in [2.45, 2.75) is 46.1 Å². The first kappa shape index (κ1) is 16.3. The van der Waals surface area contributed by atoms with Gasteiger partial charge in [-0.15, -0.1) is 0 Å². The van der Waals surface area contributed by atoms with Crippen LogP contribution in [0.1, 0.15) is 40.0 Å². The Labute approximate surface area is 128 Å². The monoisotopic (exact) mass is 292 g/mol. The van der Waals surface area contributed by atoms with Gasteiger partial charge >= 0.3 is 0 Å². The summed E-state index contributed by atoms with van der Waals surface area (Å²) in [5.74, 6) is 0.460. The fraction of sp³-hybridized carbons (Fsp3) is 0.667. The van der Waals surface area contributed by atoms with E-state index in [-0.39, 0.29) is 5.82 Å². The molecule has 0 saturated heterocycles. The fourth-order valence-electron chi connectivity index (χ4n) is 3.68. The third-order valence-electron chi connectivity index (χ3n) is 4.90. The lowest BCUT2D eigenvalue weighted by atomic mass is 9.69. The van der Waals surface area contributed by atoms with Crippen LogP contribution in [0.25, 0.3) is 0 Å². The van der Waals surface area contributed by atoms with Gasteiger partial charge in [0.25, 0.3) is 0 Å². The molecule has 1 aromatic carbocycles. The van der Waals surface area contributed by atoms with Gasteiger partial charge in [-0.3, -0.25) is 0 Å². The predicted octanol–water partition coefficient (Wildman–Crippen LogP) is 4.07. The van der Waals surface area contributed by atoms with E-state index in [1.807, 2.05) is 6.07 Å². The first-order valence-electron chi connectivity index (χ1n) is 8.13. The lowest BCUT2D eigenvalue weighted by molar-refractivity contribution is 0.145. The summed E-state index contributed by atoms with van der Waals surface area (Å²) in [4.78, 5) is 2.31. The van der Waals surface area contributed by atoms with Crippen LogP contribution < -0.4 is 10.2 Å². The summed E-state index contributed by atoms with van der Waals surface area (Å²) in [6, 6.07) is 7.53. The third kappa shape index (κ3) is 4.19. The highest BCUT2D eigenvalue weighted by molar-refractivity contribution is 5.46. The van der Waals surface area contributed by atoms with Gasteiger partial charge in [0, 0.05) is 24.8 Å². The molecule has 0 radical (unpaired) electrons. The largest absolute Gasteiger partial charge is 0.371 e. The molecule has 1 fully saturated rings. The van der Waals surface area contributed by atoms with Crippen LogP contribution in [0.5, 0.6) is 0 Å². The number of benzene rings is 1. The molecule has 2 rings (SSSR count). The van der Waals surface area contributed by atoms with Crippen LogP contribution in [-0.4, -0.2) is 26.2 Å². The zero-order chi connectivity index (χ0) is 15.5. The van der Waals surface area contributed by atoms with E-state index >= 15 is 0 Å². The van der Waals surface area contributed by atoms with Crippen molar-refractivity contribution >= 4 is 5.69 Å². The molecule has 0 aromatic heterocycles.